The number of halogens is 4. The third-order valence-electron chi connectivity index (χ3n) is 12.2. The van der Waals surface area contributed by atoms with Crippen molar-refractivity contribution in [1.29, 1.82) is 0 Å². The van der Waals surface area contributed by atoms with Gasteiger partial charge in [0.25, 0.3) is 11.8 Å². The summed E-state index contributed by atoms with van der Waals surface area (Å²) in [5.41, 5.74) is 2.01. The highest BCUT2D eigenvalue weighted by Gasteiger charge is 2.45. The van der Waals surface area contributed by atoms with Crippen molar-refractivity contribution in [3.05, 3.63) is 83.8 Å². The molecule has 5 aromatic rings. The van der Waals surface area contributed by atoms with Crippen LogP contribution < -0.4 is 15.1 Å². The molecule has 4 amide bonds. The van der Waals surface area contributed by atoms with Crippen LogP contribution in [0, 0.1) is 17.6 Å². The van der Waals surface area contributed by atoms with Crippen LogP contribution in [0.3, 0.4) is 0 Å². The number of benzene rings is 2. The van der Waals surface area contributed by atoms with E-state index in [2.05, 4.69) is 20.2 Å². The van der Waals surface area contributed by atoms with Crippen LogP contribution in [-0.4, -0.2) is 99.8 Å². The fourth-order valence-corrected chi connectivity index (χ4v) is 9.06. The quantitative estimate of drug-likeness (QED) is 0.146. The molecule has 0 saturated carbocycles. The Hall–Kier alpha value is -5.90. The number of aromatic nitrogens is 3. The lowest BCUT2D eigenvalue weighted by molar-refractivity contribution is -0.136. The molecule has 16 heteroatoms. The van der Waals surface area contributed by atoms with Gasteiger partial charge in [-0.05, 0) is 87.0 Å². The molecular weight excluding hydrogens is 757 g/mol. The molecule has 3 saturated heterocycles. The topological polar surface area (TPSA) is 124 Å². The largest absolute Gasteiger partial charge is 0.368 e. The predicted octanol–water partition coefficient (Wildman–Crippen LogP) is 6.14. The second-order valence-corrected chi connectivity index (χ2v) is 15.5. The molecule has 0 radical (unpaired) electrons. The highest BCUT2D eigenvalue weighted by atomic mass is 19.3. The Kier molecular flexibility index (Phi) is 9.82. The van der Waals surface area contributed by atoms with Crippen molar-refractivity contribution >= 4 is 56.9 Å². The number of imide groups is 2. The normalized spacial score (nSPS) is 19.8. The van der Waals surface area contributed by atoms with Gasteiger partial charge in [-0.25, -0.2) is 13.8 Å². The first-order valence-corrected chi connectivity index (χ1v) is 19.6. The lowest BCUT2D eigenvalue weighted by atomic mass is 9.93. The van der Waals surface area contributed by atoms with Crippen molar-refractivity contribution in [2.75, 3.05) is 55.6 Å². The Morgan fingerprint density at radius 2 is 1.55 bits per heavy atom. The minimum absolute atomic E-state index is 0.00196. The number of fused-ring (bicyclic) bond motifs is 4. The van der Waals surface area contributed by atoms with Crippen LogP contribution in [0.2, 0.25) is 0 Å². The number of hydrogen-bond donors (Lipinski definition) is 1. The van der Waals surface area contributed by atoms with Gasteiger partial charge in [0.15, 0.2) is 11.6 Å². The van der Waals surface area contributed by atoms with E-state index in [1.165, 1.54) is 18.3 Å². The molecule has 300 valence electrons. The van der Waals surface area contributed by atoms with Crippen LogP contribution in [0.15, 0.2) is 61.1 Å². The summed E-state index contributed by atoms with van der Waals surface area (Å²) in [7, 11) is 0. The zero-order valence-electron chi connectivity index (χ0n) is 31.5. The molecule has 7 heterocycles. The van der Waals surface area contributed by atoms with Crippen molar-refractivity contribution in [3.8, 4) is 11.1 Å². The Labute approximate surface area is 330 Å². The molecule has 12 nitrogen and oxygen atoms in total. The van der Waals surface area contributed by atoms with Crippen molar-refractivity contribution in [1.82, 2.24) is 29.7 Å². The lowest BCUT2D eigenvalue weighted by Crippen LogP contribution is -2.54. The summed E-state index contributed by atoms with van der Waals surface area (Å²) in [6.07, 6.45) is 8.13. The van der Waals surface area contributed by atoms with E-state index in [1.807, 2.05) is 9.80 Å². The van der Waals surface area contributed by atoms with Gasteiger partial charge in [-0.1, -0.05) is 12.1 Å². The number of piperidine rings is 2. The monoisotopic (exact) mass is 796 g/mol. The van der Waals surface area contributed by atoms with Gasteiger partial charge in [0.05, 0.1) is 27.8 Å². The minimum Gasteiger partial charge on any atom is -0.368 e. The average molecular weight is 797 g/mol. The molecule has 0 aliphatic carbocycles. The van der Waals surface area contributed by atoms with E-state index < -0.39 is 47.9 Å². The number of amides is 4. The summed E-state index contributed by atoms with van der Waals surface area (Å²) >= 11 is 0. The van der Waals surface area contributed by atoms with Crippen LogP contribution >= 0.6 is 0 Å². The van der Waals surface area contributed by atoms with Crippen LogP contribution in [0.5, 0.6) is 0 Å². The number of nitrogens with one attached hydrogen (secondary N) is 1. The number of carbonyl (C=O) groups is 4. The van der Waals surface area contributed by atoms with E-state index in [4.69, 9.17) is 0 Å². The van der Waals surface area contributed by atoms with Gasteiger partial charge in [0.2, 0.25) is 11.8 Å². The van der Waals surface area contributed by atoms with E-state index in [-0.39, 0.29) is 35.5 Å². The second kappa shape index (κ2) is 15.1. The minimum atomic E-state index is -2.76. The van der Waals surface area contributed by atoms with Crippen molar-refractivity contribution in [3.63, 3.8) is 0 Å². The molecule has 2 aromatic carbocycles. The molecule has 58 heavy (non-hydrogen) atoms. The number of anilines is 2. The summed E-state index contributed by atoms with van der Waals surface area (Å²) in [4.78, 5) is 66.2. The number of nitrogens with zero attached hydrogens (tertiary/aromatic N) is 7. The molecule has 4 aliphatic rings. The first-order chi connectivity index (χ1) is 28.0. The highest BCUT2D eigenvalue weighted by Crippen LogP contribution is 2.37. The Balaban J connectivity index is 0.791. The maximum Gasteiger partial charge on any atom is 0.319 e. The van der Waals surface area contributed by atoms with E-state index in [9.17, 15) is 28.0 Å². The fraction of sp³-hybridized carbons (Fsp3) is 0.381. The third-order valence-corrected chi connectivity index (χ3v) is 12.2. The van der Waals surface area contributed by atoms with E-state index in [0.29, 0.717) is 71.6 Å². The van der Waals surface area contributed by atoms with Gasteiger partial charge in [-0.3, -0.25) is 38.9 Å². The molecule has 4 aliphatic heterocycles. The van der Waals surface area contributed by atoms with E-state index in [1.54, 1.807) is 36.7 Å². The first-order valence-electron chi connectivity index (χ1n) is 19.6. The molecule has 1 unspecified atom stereocenters. The summed E-state index contributed by atoms with van der Waals surface area (Å²) in [5.74, 6) is -2.95. The highest BCUT2D eigenvalue weighted by molar-refractivity contribution is 6.23. The Morgan fingerprint density at radius 1 is 0.759 bits per heavy atom. The van der Waals surface area contributed by atoms with Gasteiger partial charge in [-0.15, -0.1) is 0 Å². The number of alkyl halides is 2. The van der Waals surface area contributed by atoms with Gasteiger partial charge in [-0.2, -0.15) is 8.78 Å². The predicted molar refractivity (Wildman–Crippen MR) is 208 cm³/mol. The Bertz CT molecular complexity index is 2480. The smallest absolute Gasteiger partial charge is 0.319 e. The lowest BCUT2D eigenvalue weighted by Gasteiger charge is -2.34. The van der Waals surface area contributed by atoms with Crippen LogP contribution in [0.25, 0.3) is 32.9 Å². The molecule has 3 aromatic heterocycles. The van der Waals surface area contributed by atoms with Gasteiger partial charge in [0, 0.05) is 74.1 Å². The third kappa shape index (κ3) is 6.72. The molecule has 0 spiro atoms. The summed E-state index contributed by atoms with van der Waals surface area (Å²) < 4.78 is 60.4. The molecule has 0 bridgehead atoms. The van der Waals surface area contributed by atoms with Crippen molar-refractivity contribution in [2.24, 2.45) is 5.92 Å². The maximum atomic E-state index is 15.6. The molecule has 3 fully saturated rings. The first kappa shape index (κ1) is 37.7. The Morgan fingerprint density at radius 3 is 2.31 bits per heavy atom. The maximum absolute atomic E-state index is 15.6. The molecule has 9 rings (SSSR count). The number of carbonyl (C=O) groups excluding carboxylic acids is 4. The summed E-state index contributed by atoms with van der Waals surface area (Å²) in [6.45, 7) is 1.98. The van der Waals surface area contributed by atoms with Crippen molar-refractivity contribution in [2.45, 2.75) is 51.1 Å². The van der Waals surface area contributed by atoms with E-state index in [0.717, 1.165) is 54.3 Å². The molecule has 1 atom stereocenters. The van der Waals surface area contributed by atoms with Gasteiger partial charge in [0.1, 0.15) is 11.9 Å². The molecular formula is C42H40F4N8O4. The van der Waals surface area contributed by atoms with Gasteiger partial charge < -0.3 is 14.7 Å². The van der Waals surface area contributed by atoms with Crippen molar-refractivity contribution < 1.29 is 36.7 Å². The number of rotatable bonds is 8. The van der Waals surface area contributed by atoms with Crippen LogP contribution in [0.4, 0.5) is 29.1 Å². The summed E-state index contributed by atoms with van der Waals surface area (Å²) in [5, 5.41) is 3.44. The zero-order valence-corrected chi connectivity index (χ0v) is 31.5. The SMILES string of the molecule is O=C1CCC(N2C(=O)c3cc(F)c(N4CCCN(CCC5CCN(c6ncc(-c7ccc8c9cnccc9n(C(F)F)c8c7)cc6F)CC5)CC4)cc3C2=O)C(=O)N1. The zero-order chi connectivity index (χ0) is 40.2. The van der Waals surface area contributed by atoms with Crippen LogP contribution in [-0.2, 0) is 9.59 Å². The van der Waals surface area contributed by atoms with E-state index >= 15 is 8.78 Å². The number of hydrogen-bond acceptors (Lipinski definition) is 9. The van der Waals surface area contributed by atoms with Crippen LogP contribution in [0.1, 0.15) is 65.8 Å². The second-order valence-electron chi connectivity index (χ2n) is 15.5. The number of pyridine rings is 2. The van der Waals surface area contributed by atoms with Gasteiger partial charge >= 0.3 is 6.55 Å². The average Bonchev–Trinajstić information content (AvgIpc) is 3.53. The summed E-state index contributed by atoms with van der Waals surface area (Å²) in [6, 6.07) is 9.53. The molecule has 1 N–H and O–H groups in total. The fourth-order valence-electron chi connectivity index (χ4n) is 9.06. The standard InChI is InChI=1S/C42H40F4N8O4/c43-31-20-28-29(41(58)54(40(28)57)34-4-5-37(55)49-39(34)56)21-36(31)51-12-1-11-50(16-17-51)13-7-24-8-14-52(15-9-24)38-32(44)18-26(22-48-38)25-2-3-27-30-23-47-10-6-33(30)53(42(45)46)35(27)19-25/h2-3,6,10,18-24,34,42H,1,4-5,7-9,11-17H2,(H,49,55,56).